The zero-order valence-electron chi connectivity index (χ0n) is 10.00. The highest BCUT2D eigenvalue weighted by molar-refractivity contribution is 6.78. The maximum Gasteiger partial charge on any atom is 0.379 e. The van der Waals surface area contributed by atoms with Gasteiger partial charge >= 0.3 is 5.97 Å². The topological polar surface area (TPSA) is 63.7 Å². The van der Waals surface area contributed by atoms with Gasteiger partial charge in [0.15, 0.2) is 0 Å². The van der Waals surface area contributed by atoms with Gasteiger partial charge in [-0.2, -0.15) is 0 Å². The molecule has 5 nitrogen and oxygen atoms in total. The molecule has 0 radical (unpaired) electrons. The summed E-state index contributed by atoms with van der Waals surface area (Å²) in [5.74, 6) is -3.41. The highest BCUT2D eigenvalue weighted by atomic mass is 35.6. The van der Waals surface area contributed by atoms with E-state index in [9.17, 15) is 14.4 Å². The van der Waals surface area contributed by atoms with E-state index in [2.05, 4.69) is 4.74 Å². The number of halogens is 3. The van der Waals surface area contributed by atoms with Gasteiger partial charge in [-0.05, 0) is 6.92 Å². The minimum atomic E-state index is -2.32. The van der Waals surface area contributed by atoms with Gasteiger partial charge in [-0.1, -0.05) is 34.8 Å². The van der Waals surface area contributed by atoms with Gasteiger partial charge in [-0.15, -0.1) is 0 Å². The van der Waals surface area contributed by atoms with Crippen LogP contribution in [0.25, 0.3) is 0 Å². The molecule has 0 saturated carbocycles. The Hall–Kier alpha value is -0.780. The molecule has 0 aromatic heterocycles. The molecule has 0 aliphatic rings. The average Bonchev–Trinajstić information content (AvgIpc) is 2.22. The predicted molar refractivity (Wildman–Crippen MR) is 68.7 cm³/mol. The second kappa shape index (κ2) is 6.97. The van der Waals surface area contributed by atoms with Crippen LogP contribution in [0.2, 0.25) is 0 Å². The highest BCUT2D eigenvalue weighted by Crippen LogP contribution is 2.30. The number of Topliss-reactive ketones (excluding diaryl/α,β-unsaturated/α-hetero) is 2. The molecule has 0 N–H and O–H groups in total. The largest absolute Gasteiger partial charge is 0.460 e. The van der Waals surface area contributed by atoms with Gasteiger partial charge in [0, 0.05) is 20.3 Å². The number of ketones is 2. The number of alkyl halides is 3. The first kappa shape index (κ1) is 17.2. The van der Waals surface area contributed by atoms with Crippen LogP contribution >= 0.6 is 34.8 Å². The fourth-order valence-corrected chi connectivity index (χ4v) is 1.24. The molecule has 0 spiro atoms. The SMILES string of the molecule is CCOC(=O)C(=O)/C(=C\N(C)C)C(=O)C(Cl)(Cl)Cl. The summed E-state index contributed by atoms with van der Waals surface area (Å²) in [6.45, 7) is 1.53. The number of nitrogens with zero attached hydrogens (tertiary/aromatic N) is 1. The van der Waals surface area contributed by atoms with Crippen molar-refractivity contribution in [2.45, 2.75) is 10.7 Å². The van der Waals surface area contributed by atoms with Crippen molar-refractivity contribution in [3.05, 3.63) is 11.8 Å². The van der Waals surface area contributed by atoms with E-state index in [4.69, 9.17) is 34.8 Å². The van der Waals surface area contributed by atoms with Gasteiger partial charge in [-0.3, -0.25) is 9.59 Å². The third kappa shape index (κ3) is 5.25. The van der Waals surface area contributed by atoms with Crippen LogP contribution in [0, 0.1) is 0 Å². The maximum atomic E-state index is 11.7. The normalized spacial score (nSPS) is 12.0. The fraction of sp³-hybridized carbons (Fsp3) is 0.500. The van der Waals surface area contributed by atoms with Crippen molar-refractivity contribution in [3.8, 4) is 0 Å². The molecule has 0 rings (SSSR count). The first-order valence-electron chi connectivity index (χ1n) is 4.82. The number of hydrogen-bond acceptors (Lipinski definition) is 5. The van der Waals surface area contributed by atoms with Crippen molar-refractivity contribution in [2.24, 2.45) is 0 Å². The zero-order valence-corrected chi connectivity index (χ0v) is 12.3. The van der Waals surface area contributed by atoms with Crippen LogP contribution < -0.4 is 0 Å². The molecule has 18 heavy (non-hydrogen) atoms. The Morgan fingerprint density at radius 3 is 2.06 bits per heavy atom. The summed E-state index contributed by atoms with van der Waals surface area (Å²) in [5.41, 5.74) is -0.543. The number of rotatable bonds is 5. The van der Waals surface area contributed by atoms with Crippen molar-refractivity contribution in [3.63, 3.8) is 0 Å². The van der Waals surface area contributed by atoms with Crippen molar-refractivity contribution < 1.29 is 19.1 Å². The Balaban J connectivity index is 5.34. The summed E-state index contributed by atoms with van der Waals surface area (Å²) < 4.78 is 2.18. The lowest BCUT2D eigenvalue weighted by molar-refractivity contribution is -0.152. The van der Waals surface area contributed by atoms with Gasteiger partial charge in [0.2, 0.25) is 5.78 Å². The Kier molecular flexibility index (Phi) is 6.67. The Labute approximate surface area is 120 Å². The highest BCUT2D eigenvalue weighted by Gasteiger charge is 2.38. The van der Waals surface area contributed by atoms with Gasteiger partial charge < -0.3 is 9.64 Å². The molecule has 8 heteroatoms. The number of hydrogen-bond donors (Lipinski definition) is 0. The van der Waals surface area contributed by atoms with Gasteiger partial charge in [0.05, 0.1) is 12.2 Å². The van der Waals surface area contributed by atoms with Crippen molar-refractivity contribution in [1.82, 2.24) is 4.90 Å². The Morgan fingerprint density at radius 1 is 1.22 bits per heavy atom. The van der Waals surface area contributed by atoms with E-state index >= 15 is 0 Å². The molecule has 102 valence electrons. The Bertz CT molecular complexity index is 385. The van der Waals surface area contributed by atoms with Crippen LogP contribution in [-0.2, 0) is 19.1 Å². The third-order valence-corrected chi connectivity index (χ3v) is 2.11. The predicted octanol–water partition coefficient (Wildman–Crippen LogP) is 1.50. The molecule has 0 aliphatic heterocycles. The first-order valence-corrected chi connectivity index (χ1v) is 5.95. The van der Waals surface area contributed by atoms with E-state index in [1.165, 1.54) is 11.8 Å². The molecular formula is C10H12Cl3NO4. The van der Waals surface area contributed by atoms with Crippen LogP contribution in [-0.4, -0.2) is 46.9 Å². The molecule has 0 amide bonds. The monoisotopic (exact) mass is 315 g/mol. The lowest BCUT2D eigenvalue weighted by Gasteiger charge is -2.14. The minimum Gasteiger partial charge on any atom is -0.460 e. The number of ether oxygens (including phenoxy) is 1. The van der Waals surface area contributed by atoms with E-state index in [1.54, 1.807) is 14.1 Å². The van der Waals surface area contributed by atoms with Gasteiger partial charge in [-0.25, -0.2) is 4.79 Å². The quantitative estimate of drug-likeness (QED) is 0.192. The second-order valence-electron chi connectivity index (χ2n) is 3.38. The van der Waals surface area contributed by atoms with Crippen molar-refractivity contribution >= 4 is 52.3 Å². The van der Waals surface area contributed by atoms with Crippen molar-refractivity contribution in [1.29, 1.82) is 0 Å². The van der Waals surface area contributed by atoms with E-state index in [-0.39, 0.29) is 6.61 Å². The maximum absolute atomic E-state index is 11.7. The van der Waals surface area contributed by atoms with E-state index in [0.717, 1.165) is 6.20 Å². The third-order valence-electron chi connectivity index (χ3n) is 1.59. The molecule has 0 aromatic rings. The standard InChI is InChI=1S/C10H12Cl3NO4/c1-4-18-9(17)7(15)6(5-14(2)3)8(16)10(11,12)13/h5H,4H2,1-3H3/b6-5+. The van der Waals surface area contributed by atoms with E-state index < -0.39 is 26.9 Å². The molecule has 0 unspecified atom stereocenters. The van der Waals surface area contributed by atoms with E-state index in [0.29, 0.717) is 0 Å². The summed E-state index contributed by atoms with van der Waals surface area (Å²) in [7, 11) is 3.09. The molecule has 0 saturated heterocycles. The average molecular weight is 317 g/mol. The molecule has 0 atom stereocenters. The number of carbonyl (C=O) groups excluding carboxylic acids is 3. The van der Waals surface area contributed by atoms with Gasteiger partial charge in [0.1, 0.15) is 0 Å². The lowest BCUT2D eigenvalue weighted by atomic mass is 10.1. The van der Waals surface area contributed by atoms with Crippen molar-refractivity contribution in [2.75, 3.05) is 20.7 Å². The van der Waals surface area contributed by atoms with Crippen LogP contribution in [0.1, 0.15) is 6.92 Å². The molecule has 0 fully saturated rings. The molecule has 0 heterocycles. The molecule has 0 bridgehead atoms. The van der Waals surface area contributed by atoms with Crippen LogP contribution in [0.15, 0.2) is 11.8 Å². The molecular weight excluding hydrogens is 304 g/mol. The summed E-state index contributed by atoms with van der Waals surface area (Å²) in [6.07, 6.45) is 1.10. The van der Waals surface area contributed by atoms with Crippen LogP contribution in [0.4, 0.5) is 0 Å². The summed E-state index contributed by atoms with van der Waals surface area (Å²) in [4.78, 5) is 36.1. The van der Waals surface area contributed by atoms with Crippen LogP contribution in [0.5, 0.6) is 0 Å². The molecule has 0 aromatic carbocycles. The van der Waals surface area contributed by atoms with Crippen LogP contribution in [0.3, 0.4) is 0 Å². The number of esters is 1. The lowest BCUT2D eigenvalue weighted by Crippen LogP contribution is -2.31. The zero-order chi connectivity index (χ0) is 14.5. The summed E-state index contributed by atoms with van der Waals surface area (Å²) in [5, 5.41) is 0. The fourth-order valence-electron chi connectivity index (χ4n) is 0.938. The summed E-state index contributed by atoms with van der Waals surface area (Å²) >= 11 is 16.2. The smallest absolute Gasteiger partial charge is 0.379 e. The summed E-state index contributed by atoms with van der Waals surface area (Å²) in [6, 6.07) is 0. The minimum absolute atomic E-state index is 0.00176. The number of carbonyl (C=O) groups is 3. The Morgan fingerprint density at radius 2 is 1.72 bits per heavy atom. The van der Waals surface area contributed by atoms with E-state index in [1.807, 2.05) is 0 Å². The second-order valence-corrected chi connectivity index (χ2v) is 5.66. The van der Waals surface area contributed by atoms with Gasteiger partial charge in [0.25, 0.3) is 9.58 Å². The first-order chi connectivity index (χ1) is 8.11. The molecule has 0 aliphatic carbocycles.